The number of para-hydroxylation sites is 10. The number of benzene rings is 13. The first-order chi connectivity index (χ1) is 50.6. The van der Waals surface area contributed by atoms with E-state index in [1.807, 2.05) is 12.1 Å². The Morgan fingerprint density at radius 2 is 0.618 bits per heavy atom. The summed E-state index contributed by atoms with van der Waals surface area (Å²) in [5.41, 5.74) is 16.1. The fraction of sp³-hybridized carbons (Fsp3) is 0.0659. The van der Waals surface area contributed by atoms with E-state index in [4.69, 9.17) is 21.0 Å². The van der Waals surface area contributed by atoms with E-state index in [-0.39, 0.29) is 0 Å². The van der Waals surface area contributed by atoms with Crippen molar-refractivity contribution in [1.29, 1.82) is 5.26 Å². The summed E-state index contributed by atoms with van der Waals surface area (Å²) >= 11 is 0. The number of fused-ring (bicyclic) bond motifs is 18. The lowest BCUT2D eigenvalue weighted by molar-refractivity contribution is 0.303. The Morgan fingerprint density at radius 3 is 0.951 bits per heavy atom. The van der Waals surface area contributed by atoms with Crippen LogP contribution in [-0.4, -0.2) is 45.6 Å². The third-order valence-electron chi connectivity index (χ3n) is 20.8. The highest BCUT2D eigenvalue weighted by Gasteiger charge is 2.33. The molecule has 0 N–H and O–H groups in total. The van der Waals surface area contributed by atoms with Crippen molar-refractivity contribution in [2.75, 3.05) is 13.2 Å². The number of nitriles is 1. The largest absolute Gasteiger partial charge is 0.494 e. The van der Waals surface area contributed by atoms with Gasteiger partial charge in [-0.15, -0.1) is 0 Å². The maximum absolute atomic E-state index is 11.2. The monoisotopic (exact) mass is 1310 g/mol. The number of hydrogen-bond donors (Lipinski definition) is 0. The van der Waals surface area contributed by atoms with Gasteiger partial charge in [0.15, 0.2) is 17.3 Å². The van der Waals surface area contributed by atoms with Gasteiger partial charge >= 0.3 is 0 Å². The van der Waals surface area contributed by atoms with Crippen LogP contribution in [0.5, 0.6) is 11.5 Å². The zero-order chi connectivity index (χ0) is 67.5. The molecule has 482 valence electrons. The highest BCUT2D eigenvalue weighted by atomic mass is 16.5. The van der Waals surface area contributed by atoms with Crippen LogP contribution in [0.15, 0.2) is 297 Å². The lowest BCUT2D eigenvalue weighted by atomic mass is 9.98. The molecule has 20 rings (SSSR count). The van der Waals surface area contributed by atoms with E-state index in [0.717, 1.165) is 142 Å². The molecule has 7 heterocycles. The van der Waals surface area contributed by atoms with Crippen LogP contribution >= 0.6 is 0 Å². The molecule has 0 saturated carbocycles. The molecule has 0 radical (unpaired) electrons. The minimum Gasteiger partial charge on any atom is -0.494 e. The Hall–Kier alpha value is -13.6. The lowest BCUT2D eigenvalue weighted by Crippen LogP contribution is -2.16. The van der Waals surface area contributed by atoms with Crippen LogP contribution in [0.1, 0.15) is 18.4 Å². The molecule has 7 aromatic heterocycles. The summed E-state index contributed by atoms with van der Waals surface area (Å²) in [5.74, 6) is 2.79. The van der Waals surface area contributed by atoms with Crippen molar-refractivity contribution < 1.29 is 9.47 Å². The number of aryl methyl sites for hydroxylation is 2. The topological polar surface area (TPSA) is 89.1 Å². The van der Waals surface area contributed by atoms with Crippen LogP contribution in [0.2, 0.25) is 0 Å². The average Bonchev–Trinajstić information content (AvgIpc) is 1.48. The van der Waals surface area contributed by atoms with Gasteiger partial charge in [-0.1, -0.05) is 182 Å². The summed E-state index contributed by atoms with van der Waals surface area (Å²) in [6, 6.07) is 107. The molecule has 0 aliphatic heterocycles. The third-order valence-corrected chi connectivity index (χ3v) is 20.8. The van der Waals surface area contributed by atoms with Crippen LogP contribution in [-0.2, 0) is 13.1 Å². The summed E-state index contributed by atoms with van der Waals surface area (Å²) < 4.78 is 28.0. The first kappa shape index (κ1) is 58.5. The van der Waals surface area contributed by atoms with E-state index in [1.165, 1.54) is 43.6 Å². The molecular formula is C91H61N9O2. The summed E-state index contributed by atoms with van der Waals surface area (Å²) in [6.07, 6.45) is 1.59. The molecule has 11 nitrogen and oxygen atoms in total. The number of hydrogen-bond acceptors (Lipinski definition) is 4. The van der Waals surface area contributed by atoms with Crippen molar-refractivity contribution in [2.45, 2.75) is 25.9 Å². The van der Waals surface area contributed by atoms with E-state index >= 15 is 0 Å². The van der Waals surface area contributed by atoms with Gasteiger partial charge in [-0.05, 0) is 134 Å². The molecule has 11 heteroatoms. The zero-order valence-corrected chi connectivity index (χ0v) is 55.4. The predicted octanol–water partition coefficient (Wildman–Crippen LogP) is 22.7. The van der Waals surface area contributed by atoms with Gasteiger partial charge in [0, 0.05) is 111 Å². The highest BCUT2D eigenvalue weighted by molar-refractivity contribution is 6.17. The zero-order valence-electron chi connectivity index (χ0n) is 55.4. The summed E-state index contributed by atoms with van der Waals surface area (Å²) in [7, 11) is 0. The Bertz CT molecular complexity index is 6330. The second-order valence-corrected chi connectivity index (χ2v) is 26.4. The number of aromatic nitrogens is 7. The molecular weight excluding hydrogens is 1250 g/mol. The summed E-state index contributed by atoms with van der Waals surface area (Å²) in [5, 5.41) is 24.5. The van der Waals surface area contributed by atoms with E-state index in [1.54, 1.807) is 6.07 Å². The summed E-state index contributed by atoms with van der Waals surface area (Å²) in [6.45, 7) is 11.4. The van der Waals surface area contributed by atoms with Crippen molar-refractivity contribution in [3.63, 3.8) is 0 Å². The van der Waals surface area contributed by atoms with Gasteiger partial charge in [0.2, 0.25) is 0 Å². The molecule has 0 amide bonds. The number of pyridine rings is 1. The molecule has 20 aromatic rings. The van der Waals surface area contributed by atoms with Crippen molar-refractivity contribution in [3.8, 4) is 51.7 Å². The Kier molecular flexibility index (Phi) is 13.5. The average molecular weight is 1310 g/mol. The highest BCUT2D eigenvalue weighted by Crippen LogP contribution is 2.50. The normalized spacial score (nSPS) is 11.9. The second-order valence-electron chi connectivity index (χ2n) is 26.4. The second kappa shape index (κ2) is 23.6. The molecule has 0 bridgehead atoms. The van der Waals surface area contributed by atoms with Crippen LogP contribution in [0, 0.1) is 17.9 Å². The standard InChI is InChI=1S/C91H61N9O2/c1-93-60-53-58(57-92)52-59(54-60)87-88(97-79-38-16-6-28-67(79)68-29-7-17-39-80(68)97)90(99-83-42-20-10-32-71(83)73-55-61(44-46-85(73)99)101-50-22-48-95-75-34-12-2-24-63(75)64-25-3-13-35-76(64)95)94-91(89(87)98-81-40-18-8-30-69(81)70-31-9-19-41-82(70)98)100-84-43-21-11-33-72(84)74-56-62(45-47-86(74)100)102-51-23-49-96-77-36-14-4-26-65(77)66-27-5-15-37-78(66)96/h2-21,24-47,52-56H,22-23,48-51H2. The molecule has 0 fully saturated rings. The van der Waals surface area contributed by atoms with Gasteiger partial charge in [0.25, 0.3) is 0 Å². The number of rotatable bonds is 15. The van der Waals surface area contributed by atoms with Crippen molar-refractivity contribution >= 4 is 137 Å². The van der Waals surface area contributed by atoms with Gasteiger partial charge in [-0.2, -0.15) is 5.26 Å². The van der Waals surface area contributed by atoms with Crippen molar-refractivity contribution in [2.24, 2.45) is 0 Å². The van der Waals surface area contributed by atoms with Gasteiger partial charge in [0.1, 0.15) is 11.5 Å². The van der Waals surface area contributed by atoms with Crippen LogP contribution < -0.4 is 9.47 Å². The lowest BCUT2D eigenvalue weighted by Gasteiger charge is -2.27. The van der Waals surface area contributed by atoms with E-state index in [0.29, 0.717) is 41.7 Å². The van der Waals surface area contributed by atoms with E-state index in [2.05, 4.69) is 317 Å². The quantitative estimate of drug-likeness (QED) is 0.0755. The molecule has 0 atom stereocenters. The fourth-order valence-corrected chi connectivity index (χ4v) is 16.6. The smallest absolute Gasteiger partial charge is 0.189 e. The summed E-state index contributed by atoms with van der Waals surface area (Å²) in [4.78, 5) is 10.6. The molecule has 0 unspecified atom stereocenters. The van der Waals surface area contributed by atoms with Gasteiger partial charge in [0.05, 0.1) is 81.4 Å². The van der Waals surface area contributed by atoms with E-state index in [9.17, 15) is 5.26 Å². The molecule has 0 spiro atoms. The van der Waals surface area contributed by atoms with Crippen LogP contribution in [0.25, 0.3) is 170 Å². The van der Waals surface area contributed by atoms with Crippen LogP contribution in [0.3, 0.4) is 0 Å². The van der Waals surface area contributed by atoms with Gasteiger partial charge in [-0.25, -0.2) is 9.83 Å². The Morgan fingerprint density at radius 1 is 0.324 bits per heavy atom. The molecule has 0 saturated heterocycles. The number of ether oxygens (including phenoxy) is 2. The van der Waals surface area contributed by atoms with Crippen molar-refractivity contribution in [3.05, 3.63) is 314 Å². The predicted molar refractivity (Wildman–Crippen MR) is 417 cm³/mol. The first-order valence-electron chi connectivity index (χ1n) is 34.8. The van der Waals surface area contributed by atoms with E-state index < -0.39 is 0 Å². The van der Waals surface area contributed by atoms with Crippen molar-refractivity contribution in [1.82, 2.24) is 32.4 Å². The maximum Gasteiger partial charge on any atom is 0.189 e. The molecule has 0 aliphatic carbocycles. The third kappa shape index (κ3) is 9.01. The number of nitrogens with zero attached hydrogens (tertiary/aromatic N) is 9. The van der Waals surface area contributed by atoms with Gasteiger partial charge in [-0.3, -0.25) is 9.13 Å². The minimum absolute atomic E-state index is 0.337. The molecule has 102 heavy (non-hydrogen) atoms. The van der Waals surface area contributed by atoms with Crippen LogP contribution in [0.4, 0.5) is 5.69 Å². The first-order valence-corrected chi connectivity index (χ1v) is 34.8. The minimum atomic E-state index is 0.337. The van der Waals surface area contributed by atoms with Gasteiger partial charge < -0.3 is 27.7 Å². The Labute approximate surface area is 585 Å². The SMILES string of the molecule is [C-]#[N+]c1cc(C#N)cc(-c2c(-n3c4ccccc4c4ccccc43)c(-n3c4ccccc4c4cc(OCCCn5c6ccccc6c6ccccc65)ccc43)nc(-n3c4ccccc4c4cc(OCCCn5c6ccccc6c6ccccc65)ccc43)c2-n2c3ccccc3c3ccccc32)c1. The fourth-order valence-electron chi connectivity index (χ4n) is 16.6. The maximum atomic E-state index is 11.2. The Balaban J connectivity index is 0.848. The molecule has 0 aliphatic rings. The molecule has 13 aromatic carbocycles.